The molecule has 2 aromatic carbocycles. The molecule has 0 aliphatic carbocycles. The van der Waals surface area contributed by atoms with E-state index in [-0.39, 0.29) is 37.4 Å². The van der Waals surface area contributed by atoms with E-state index in [0.717, 1.165) is 0 Å². The summed E-state index contributed by atoms with van der Waals surface area (Å²) in [6.45, 7) is 0. The van der Waals surface area contributed by atoms with Crippen LogP contribution in [0.3, 0.4) is 0 Å². The van der Waals surface area contributed by atoms with Gasteiger partial charge in [-0.3, -0.25) is 4.98 Å². The first kappa shape index (κ1) is 28.0. The fraction of sp³-hybridized carbons (Fsp3) is 0.0833. The summed E-state index contributed by atoms with van der Waals surface area (Å²) in [4.78, 5) is 7.51. The molecule has 175 valence electrons. The molecule has 33 heavy (non-hydrogen) atoms. The molecule has 2 nitrogen and oxygen atoms in total. The molecule has 0 atom stereocenters. The fourth-order valence-electron chi connectivity index (χ4n) is 2.20. The maximum Gasteiger partial charge on any atom is 0.399 e. The Bertz CT molecular complexity index is 924. The summed E-state index contributed by atoms with van der Waals surface area (Å²) in [5.74, 6) is 0. The molecule has 0 aliphatic rings. The van der Waals surface area contributed by atoms with E-state index in [2.05, 4.69) is 16.0 Å². The molecule has 9 heteroatoms. The van der Waals surface area contributed by atoms with Crippen molar-refractivity contribution in [1.82, 2.24) is 9.97 Å². The number of nitrogens with zero attached hydrogens (tertiary/aromatic N) is 2. The second kappa shape index (κ2) is 13.5. The molecule has 2 heterocycles. The van der Waals surface area contributed by atoms with Crippen molar-refractivity contribution in [3.05, 3.63) is 121 Å². The molecular weight excluding hydrogens is 622 g/mol. The maximum atomic E-state index is 12.7. The van der Waals surface area contributed by atoms with E-state index >= 15 is 0 Å². The molecule has 2 aromatic heterocycles. The number of pyridine rings is 2. The van der Waals surface area contributed by atoms with Crippen LogP contribution in [-0.2, 0) is 32.5 Å². The summed E-state index contributed by atoms with van der Waals surface area (Å²) < 4.78 is 75.8. The van der Waals surface area contributed by atoms with Crippen molar-refractivity contribution in [2.75, 3.05) is 0 Å². The summed E-state index contributed by atoms with van der Waals surface area (Å²) in [6, 6.07) is 25.0. The summed E-state index contributed by atoms with van der Waals surface area (Å²) in [5, 5.41) is 0. The Balaban J connectivity index is 0.000000340. The molecule has 0 unspecified atom stereocenters. The topological polar surface area (TPSA) is 25.8 Å². The number of benzene rings is 2. The molecule has 4 aromatic rings. The molecule has 0 bridgehead atoms. The first-order valence-corrected chi connectivity index (χ1v) is 9.07. The van der Waals surface area contributed by atoms with Crippen LogP contribution in [-0.4, -0.2) is 9.97 Å². The van der Waals surface area contributed by atoms with Crippen LogP contribution in [0.25, 0.3) is 11.3 Å². The Morgan fingerprint density at radius 2 is 1.27 bits per heavy atom. The molecular formula is C24H16F6IrN2-2. The number of alkyl halides is 6. The second-order valence-electron chi connectivity index (χ2n) is 6.01. The van der Waals surface area contributed by atoms with Gasteiger partial charge >= 0.3 is 12.4 Å². The van der Waals surface area contributed by atoms with Gasteiger partial charge in [-0.05, 0) is 35.0 Å². The van der Waals surface area contributed by atoms with Gasteiger partial charge in [0, 0.05) is 38.7 Å². The molecule has 0 saturated carbocycles. The zero-order chi connectivity index (χ0) is 23.5. The molecule has 1 radical (unpaired) electrons. The van der Waals surface area contributed by atoms with Gasteiger partial charge in [-0.2, -0.15) is 62.7 Å². The van der Waals surface area contributed by atoms with Gasteiger partial charge < -0.3 is 4.98 Å². The maximum absolute atomic E-state index is 12.7. The van der Waals surface area contributed by atoms with E-state index in [4.69, 9.17) is 0 Å². The van der Waals surface area contributed by atoms with Gasteiger partial charge in [0.2, 0.25) is 0 Å². The number of rotatable bonds is 1. The molecule has 0 spiro atoms. The van der Waals surface area contributed by atoms with Crippen LogP contribution in [0.4, 0.5) is 26.3 Å². The Kier molecular flexibility index (Phi) is 11.5. The third kappa shape index (κ3) is 10.4. The van der Waals surface area contributed by atoms with Gasteiger partial charge in [-0.15, -0.1) is 23.8 Å². The van der Waals surface area contributed by atoms with Crippen molar-refractivity contribution in [3.8, 4) is 11.3 Å². The van der Waals surface area contributed by atoms with Crippen LogP contribution in [0, 0.1) is 12.1 Å². The summed E-state index contributed by atoms with van der Waals surface area (Å²) in [7, 11) is 0. The number of halogens is 6. The molecule has 0 amide bonds. The monoisotopic (exact) mass is 639 g/mol. The third-order valence-electron chi connectivity index (χ3n) is 3.62. The average Bonchev–Trinajstić information content (AvgIpc) is 2.81. The van der Waals surface area contributed by atoms with Crippen molar-refractivity contribution < 1.29 is 46.4 Å². The summed E-state index contributed by atoms with van der Waals surface area (Å²) in [5.41, 5.74) is -3.23. The van der Waals surface area contributed by atoms with Crippen LogP contribution in [0.2, 0.25) is 0 Å². The van der Waals surface area contributed by atoms with Gasteiger partial charge in [0.25, 0.3) is 0 Å². The quantitative estimate of drug-likeness (QED) is 0.164. The molecule has 0 fully saturated rings. The van der Waals surface area contributed by atoms with E-state index in [1.165, 1.54) is 24.4 Å². The summed E-state index contributed by atoms with van der Waals surface area (Å²) >= 11 is 0. The van der Waals surface area contributed by atoms with E-state index in [1.54, 1.807) is 12.4 Å². The average molecular weight is 639 g/mol. The number of aromatic nitrogens is 2. The zero-order valence-corrected chi connectivity index (χ0v) is 19.1. The Labute approximate surface area is 200 Å². The van der Waals surface area contributed by atoms with Crippen molar-refractivity contribution in [2.24, 2.45) is 0 Å². The number of hydrogen-bond donors (Lipinski definition) is 0. The summed E-state index contributed by atoms with van der Waals surface area (Å²) in [6.07, 6.45) is -5.01. The third-order valence-corrected chi connectivity index (χ3v) is 3.62. The van der Waals surface area contributed by atoms with Crippen LogP contribution >= 0.6 is 0 Å². The molecule has 4 rings (SSSR count). The van der Waals surface area contributed by atoms with Crippen molar-refractivity contribution in [2.45, 2.75) is 12.4 Å². The Morgan fingerprint density at radius 1 is 0.667 bits per heavy atom. The first-order chi connectivity index (χ1) is 15.2. The van der Waals surface area contributed by atoms with Gasteiger partial charge in [-0.25, -0.2) is 0 Å². The van der Waals surface area contributed by atoms with Gasteiger partial charge in [-0.1, -0.05) is 18.2 Å². The standard InChI is InChI=1S/C13H6F6N.C6H5.C5H5N.Ir/c14-12(15,16)9-5-8(11-3-1-2-4-20-11)6-10(7-9)13(17,18)19;2*1-2-4-6-5-3-1;/h1-5,7H;2*1-5H;/q2*-1;;. The van der Waals surface area contributed by atoms with E-state index in [0.29, 0.717) is 6.07 Å². The van der Waals surface area contributed by atoms with Crippen molar-refractivity contribution >= 4 is 0 Å². The first-order valence-electron chi connectivity index (χ1n) is 9.07. The Hall–Kier alpha value is -3.03. The molecule has 0 saturated heterocycles. The smallest absolute Gasteiger partial charge is 0.305 e. The van der Waals surface area contributed by atoms with Crippen LogP contribution in [0.1, 0.15) is 11.1 Å². The Morgan fingerprint density at radius 3 is 1.64 bits per heavy atom. The zero-order valence-electron chi connectivity index (χ0n) is 16.7. The van der Waals surface area contributed by atoms with Crippen LogP contribution in [0.15, 0.2) is 97.5 Å². The van der Waals surface area contributed by atoms with Gasteiger partial charge in [0.05, 0.1) is 0 Å². The van der Waals surface area contributed by atoms with E-state index in [9.17, 15) is 26.3 Å². The predicted octanol–water partition coefficient (Wildman–Crippen LogP) is 7.15. The predicted molar refractivity (Wildman–Crippen MR) is 108 cm³/mol. The van der Waals surface area contributed by atoms with Crippen LogP contribution < -0.4 is 0 Å². The molecule has 0 N–H and O–H groups in total. The van der Waals surface area contributed by atoms with Gasteiger partial charge in [0.1, 0.15) is 0 Å². The fourth-order valence-corrected chi connectivity index (χ4v) is 2.20. The number of hydrogen-bond acceptors (Lipinski definition) is 2. The van der Waals surface area contributed by atoms with Crippen LogP contribution in [0.5, 0.6) is 0 Å². The molecule has 0 aliphatic heterocycles. The minimum absolute atomic E-state index is 0. The normalized spacial score (nSPS) is 10.5. The minimum atomic E-state index is -4.91. The van der Waals surface area contributed by atoms with Crippen molar-refractivity contribution in [1.29, 1.82) is 0 Å². The van der Waals surface area contributed by atoms with Crippen molar-refractivity contribution in [3.63, 3.8) is 0 Å². The SMILES string of the molecule is FC(F)(F)c1[c-]c(-c2ccccn2)cc(C(F)(F)F)c1.[Ir].[c-]1ccccc1.c1ccncc1. The van der Waals surface area contributed by atoms with E-state index < -0.39 is 23.5 Å². The van der Waals surface area contributed by atoms with Gasteiger partial charge in [0.15, 0.2) is 0 Å². The second-order valence-corrected chi connectivity index (χ2v) is 6.01. The largest absolute Gasteiger partial charge is 0.399 e. The minimum Gasteiger partial charge on any atom is -0.305 e. The van der Waals surface area contributed by atoms with E-state index in [1.807, 2.05) is 54.6 Å².